The first kappa shape index (κ1) is 9.48. The Bertz CT molecular complexity index is 142. The minimum atomic E-state index is -0.176. The van der Waals surface area contributed by atoms with Crippen molar-refractivity contribution in [3.8, 4) is 0 Å². The van der Waals surface area contributed by atoms with E-state index in [0.29, 0.717) is 0 Å². The molecule has 0 aliphatic carbocycles. The number of ether oxygens (including phenoxy) is 1. The third-order valence-corrected chi connectivity index (χ3v) is 2.06. The van der Waals surface area contributed by atoms with Crippen molar-refractivity contribution in [2.24, 2.45) is 0 Å². The van der Waals surface area contributed by atoms with Crippen LogP contribution in [0.3, 0.4) is 0 Å². The Morgan fingerprint density at radius 1 is 1.42 bits per heavy atom. The highest BCUT2D eigenvalue weighted by atomic mass is 16.5. The maximum atomic E-state index is 11.1. The Morgan fingerprint density at radius 3 is 3.00 bits per heavy atom. The molecule has 0 spiro atoms. The summed E-state index contributed by atoms with van der Waals surface area (Å²) in [6, 6.07) is -0.171. The fourth-order valence-corrected chi connectivity index (χ4v) is 1.33. The van der Waals surface area contributed by atoms with Crippen LogP contribution >= 0.6 is 0 Å². The highest BCUT2D eigenvalue weighted by Crippen LogP contribution is 2.06. The van der Waals surface area contributed by atoms with Crippen molar-refractivity contribution in [3.05, 3.63) is 0 Å². The van der Waals surface area contributed by atoms with Crippen molar-refractivity contribution in [2.45, 2.75) is 31.7 Å². The average Bonchev–Trinajstić information content (AvgIpc) is 2.02. The molecule has 1 heterocycles. The predicted octanol–water partition coefficient (Wildman–Crippen LogP) is 0.196. The van der Waals surface area contributed by atoms with E-state index in [1.165, 1.54) is 20.0 Å². The van der Waals surface area contributed by atoms with Gasteiger partial charge in [-0.2, -0.15) is 0 Å². The topological polar surface area (TPSA) is 50.4 Å². The van der Waals surface area contributed by atoms with Gasteiger partial charge in [0, 0.05) is 6.54 Å². The molecule has 0 radical (unpaired) electrons. The van der Waals surface area contributed by atoms with Crippen LogP contribution in [0.2, 0.25) is 0 Å². The van der Waals surface area contributed by atoms with Crippen molar-refractivity contribution < 1.29 is 9.53 Å². The minimum absolute atomic E-state index is 0.171. The highest BCUT2D eigenvalue weighted by Gasteiger charge is 2.18. The van der Waals surface area contributed by atoms with Crippen LogP contribution in [-0.2, 0) is 9.53 Å². The van der Waals surface area contributed by atoms with E-state index in [1.807, 2.05) is 0 Å². The van der Waals surface area contributed by atoms with E-state index >= 15 is 0 Å². The normalized spacial score (nSPS) is 25.6. The molecule has 4 heteroatoms. The Balaban J connectivity index is 2.34. The number of methoxy groups -OCH3 is 1. The van der Waals surface area contributed by atoms with Crippen LogP contribution in [-0.4, -0.2) is 25.7 Å². The zero-order valence-corrected chi connectivity index (χ0v) is 7.43. The molecule has 1 rings (SSSR count). The van der Waals surface area contributed by atoms with Crippen molar-refractivity contribution in [3.63, 3.8) is 0 Å². The molecular formula is C8H16N2O2. The first-order chi connectivity index (χ1) is 5.84. The molecule has 1 saturated heterocycles. The average molecular weight is 172 g/mol. The second-order valence-corrected chi connectivity index (χ2v) is 3.00. The van der Waals surface area contributed by atoms with E-state index in [9.17, 15) is 4.79 Å². The summed E-state index contributed by atoms with van der Waals surface area (Å²) >= 11 is 0. The number of esters is 1. The van der Waals surface area contributed by atoms with Crippen LogP contribution in [0.25, 0.3) is 0 Å². The number of rotatable bonds is 1. The number of hydrogen-bond acceptors (Lipinski definition) is 4. The van der Waals surface area contributed by atoms with Gasteiger partial charge < -0.3 is 4.74 Å². The van der Waals surface area contributed by atoms with Crippen LogP contribution in [0, 0.1) is 0 Å². The molecule has 1 fully saturated rings. The Kier molecular flexibility index (Phi) is 4.04. The number of hydrazine groups is 1. The fourth-order valence-electron chi connectivity index (χ4n) is 1.33. The molecule has 0 aromatic carbocycles. The number of carbonyl (C=O) groups excluding carboxylic acids is 1. The third-order valence-electron chi connectivity index (χ3n) is 2.06. The quantitative estimate of drug-likeness (QED) is 0.555. The number of hydrogen-bond donors (Lipinski definition) is 2. The van der Waals surface area contributed by atoms with Gasteiger partial charge in [0.25, 0.3) is 0 Å². The molecule has 0 bridgehead atoms. The van der Waals surface area contributed by atoms with Crippen LogP contribution < -0.4 is 10.9 Å². The van der Waals surface area contributed by atoms with Crippen molar-refractivity contribution in [2.75, 3.05) is 13.7 Å². The molecule has 1 unspecified atom stereocenters. The van der Waals surface area contributed by atoms with E-state index < -0.39 is 0 Å². The van der Waals surface area contributed by atoms with Crippen molar-refractivity contribution in [1.82, 2.24) is 10.9 Å². The summed E-state index contributed by atoms with van der Waals surface area (Å²) in [5.41, 5.74) is 5.95. The summed E-state index contributed by atoms with van der Waals surface area (Å²) in [5, 5.41) is 0. The van der Waals surface area contributed by atoms with Crippen LogP contribution in [0.15, 0.2) is 0 Å². The summed E-state index contributed by atoms with van der Waals surface area (Å²) < 4.78 is 4.64. The molecule has 1 aliphatic rings. The van der Waals surface area contributed by atoms with E-state index in [2.05, 4.69) is 15.6 Å². The lowest BCUT2D eigenvalue weighted by Crippen LogP contribution is -2.47. The summed E-state index contributed by atoms with van der Waals surface area (Å²) in [4.78, 5) is 11.1. The molecule has 0 saturated carbocycles. The Hall–Kier alpha value is -0.610. The van der Waals surface area contributed by atoms with E-state index in [-0.39, 0.29) is 12.0 Å². The van der Waals surface area contributed by atoms with Gasteiger partial charge in [0.2, 0.25) is 0 Å². The zero-order chi connectivity index (χ0) is 8.81. The zero-order valence-electron chi connectivity index (χ0n) is 7.43. The van der Waals surface area contributed by atoms with Crippen LogP contribution in [0.5, 0.6) is 0 Å². The molecule has 0 amide bonds. The molecule has 70 valence electrons. The summed E-state index contributed by atoms with van der Waals surface area (Å²) in [6.07, 6.45) is 4.30. The molecule has 0 aromatic heterocycles. The van der Waals surface area contributed by atoms with Crippen molar-refractivity contribution in [1.29, 1.82) is 0 Å². The maximum absolute atomic E-state index is 11.1. The van der Waals surface area contributed by atoms with Gasteiger partial charge >= 0.3 is 5.97 Å². The van der Waals surface area contributed by atoms with Gasteiger partial charge in [-0.15, -0.1) is 0 Å². The fraction of sp³-hybridized carbons (Fsp3) is 0.875. The molecule has 1 atom stereocenters. The summed E-state index contributed by atoms with van der Waals surface area (Å²) in [6.45, 7) is 0.924. The number of nitrogens with one attached hydrogen (secondary N) is 2. The molecular weight excluding hydrogens is 156 g/mol. The first-order valence-electron chi connectivity index (χ1n) is 4.41. The predicted molar refractivity (Wildman–Crippen MR) is 45.4 cm³/mol. The van der Waals surface area contributed by atoms with Gasteiger partial charge in [0.1, 0.15) is 6.04 Å². The first-order valence-corrected chi connectivity index (χ1v) is 4.41. The lowest BCUT2D eigenvalue weighted by molar-refractivity contribution is -0.143. The van der Waals surface area contributed by atoms with Crippen molar-refractivity contribution >= 4 is 5.97 Å². The maximum Gasteiger partial charge on any atom is 0.324 e. The van der Waals surface area contributed by atoms with Gasteiger partial charge in [-0.1, -0.05) is 12.8 Å². The number of carbonyl (C=O) groups is 1. The summed E-state index contributed by atoms with van der Waals surface area (Å²) in [5.74, 6) is -0.176. The van der Waals surface area contributed by atoms with Gasteiger partial charge in [-0.05, 0) is 12.8 Å². The van der Waals surface area contributed by atoms with E-state index in [1.54, 1.807) is 0 Å². The molecule has 1 aliphatic heterocycles. The molecule has 12 heavy (non-hydrogen) atoms. The smallest absolute Gasteiger partial charge is 0.324 e. The second kappa shape index (κ2) is 5.11. The van der Waals surface area contributed by atoms with Gasteiger partial charge in [0.05, 0.1) is 7.11 Å². The SMILES string of the molecule is COC(=O)C1CCCCCNN1. The van der Waals surface area contributed by atoms with Crippen LogP contribution in [0.4, 0.5) is 0 Å². The lowest BCUT2D eigenvalue weighted by atomic mass is 10.1. The van der Waals surface area contributed by atoms with Gasteiger partial charge in [-0.3, -0.25) is 10.2 Å². The monoisotopic (exact) mass is 172 g/mol. The van der Waals surface area contributed by atoms with Gasteiger partial charge in [0.15, 0.2) is 0 Å². The minimum Gasteiger partial charge on any atom is -0.468 e. The summed E-state index contributed by atoms with van der Waals surface area (Å²) in [7, 11) is 1.42. The highest BCUT2D eigenvalue weighted by molar-refractivity contribution is 5.75. The Morgan fingerprint density at radius 2 is 2.25 bits per heavy atom. The lowest BCUT2D eigenvalue weighted by Gasteiger charge is -2.19. The largest absolute Gasteiger partial charge is 0.468 e. The second-order valence-electron chi connectivity index (χ2n) is 3.00. The molecule has 0 aromatic rings. The van der Waals surface area contributed by atoms with Crippen LogP contribution in [0.1, 0.15) is 25.7 Å². The standard InChI is InChI=1S/C8H16N2O2/c1-12-8(11)7-5-3-2-4-6-9-10-7/h7,9-10H,2-6H2,1H3. The van der Waals surface area contributed by atoms with E-state index in [4.69, 9.17) is 0 Å². The molecule has 4 nitrogen and oxygen atoms in total. The molecule has 2 N–H and O–H groups in total. The van der Waals surface area contributed by atoms with E-state index in [0.717, 1.165) is 19.4 Å². The van der Waals surface area contributed by atoms with Gasteiger partial charge in [-0.25, -0.2) is 5.43 Å². The Labute approximate surface area is 72.6 Å². The third kappa shape index (κ3) is 2.79.